The Balaban J connectivity index is 1.82. The lowest BCUT2D eigenvalue weighted by molar-refractivity contribution is -0.174. The number of ether oxygens (including phenoxy) is 1. The summed E-state index contributed by atoms with van der Waals surface area (Å²) >= 11 is 0. The topological polar surface area (TPSA) is 42.0 Å². The lowest BCUT2D eigenvalue weighted by atomic mass is 9.95. The monoisotopic (exact) mass is 292 g/mol. The SMILES string of the molecule is COc1ccc(CN2CCC(C(=O)N(C)OC)CC2)cc1. The van der Waals surface area contributed by atoms with Crippen LogP contribution in [0.1, 0.15) is 18.4 Å². The smallest absolute Gasteiger partial charge is 0.249 e. The molecule has 1 amide bonds. The van der Waals surface area contributed by atoms with Crippen molar-refractivity contribution in [3.63, 3.8) is 0 Å². The molecule has 21 heavy (non-hydrogen) atoms. The van der Waals surface area contributed by atoms with Gasteiger partial charge in [0.05, 0.1) is 14.2 Å². The van der Waals surface area contributed by atoms with Crippen LogP contribution in [0.4, 0.5) is 0 Å². The Hall–Kier alpha value is -1.59. The Morgan fingerprint density at radius 3 is 2.38 bits per heavy atom. The number of methoxy groups -OCH3 is 1. The third-order valence-corrected chi connectivity index (χ3v) is 4.09. The minimum absolute atomic E-state index is 0.0848. The van der Waals surface area contributed by atoms with E-state index in [0.717, 1.165) is 38.2 Å². The van der Waals surface area contributed by atoms with Crippen LogP contribution in [-0.2, 0) is 16.2 Å². The van der Waals surface area contributed by atoms with Crippen molar-refractivity contribution in [2.45, 2.75) is 19.4 Å². The molecule has 0 atom stereocenters. The summed E-state index contributed by atoms with van der Waals surface area (Å²) in [6, 6.07) is 8.15. The summed E-state index contributed by atoms with van der Waals surface area (Å²) in [7, 11) is 4.87. The van der Waals surface area contributed by atoms with Crippen molar-refractivity contribution in [2.75, 3.05) is 34.4 Å². The minimum atomic E-state index is 0.0848. The molecular weight excluding hydrogens is 268 g/mol. The van der Waals surface area contributed by atoms with Crippen molar-refractivity contribution >= 4 is 5.91 Å². The van der Waals surface area contributed by atoms with Crippen molar-refractivity contribution in [3.05, 3.63) is 29.8 Å². The average molecular weight is 292 g/mol. The molecule has 0 bridgehead atoms. The number of hydroxylamine groups is 2. The Bertz CT molecular complexity index is 453. The van der Waals surface area contributed by atoms with Crippen LogP contribution in [0, 0.1) is 5.92 Å². The summed E-state index contributed by atoms with van der Waals surface area (Å²) in [6.07, 6.45) is 1.78. The van der Waals surface area contributed by atoms with Crippen molar-refractivity contribution < 1.29 is 14.4 Å². The second-order valence-corrected chi connectivity index (χ2v) is 5.42. The summed E-state index contributed by atoms with van der Waals surface area (Å²) in [6.45, 7) is 2.81. The van der Waals surface area contributed by atoms with E-state index in [2.05, 4.69) is 17.0 Å². The highest BCUT2D eigenvalue weighted by atomic mass is 16.7. The zero-order valence-electron chi connectivity index (χ0n) is 13.0. The Kier molecular flexibility index (Phi) is 5.59. The molecule has 1 saturated heterocycles. The highest BCUT2D eigenvalue weighted by Crippen LogP contribution is 2.21. The molecule has 0 N–H and O–H groups in total. The number of carbonyl (C=O) groups is 1. The van der Waals surface area contributed by atoms with Gasteiger partial charge in [0.2, 0.25) is 5.91 Å². The number of amides is 1. The second kappa shape index (κ2) is 7.43. The van der Waals surface area contributed by atoms with Gasteiger partial charge in [-0.25, -0.2) is 5.06 Å². The van der Waals surface area contributed by atoms with Crippen LogP contribution < -0.4 is 4.74 Å². The fourth-order valence-electron chi connectivity index (χ4n) is 2.67. The Morgan fingerprint density at radius 2 is 1.86 bits per heavy atom. The van der Waals surface area contributed by atoms with Gasteiger partial charge in [-0.05, 0) is 43.6 Å². The average Bonchev–Trinajstić information content (AvgIpc) is 2.55. The number of nitrogens with zero attached hydrogens (tertiary/aromatic N) is 2. The van der Waals surface area contributed by atoms with E-state index in [-0.39, 0.29) is 11.8 Å². The molecule has 1 aromatic rings. The van der Waals surface area contributed by atoms with Gasteiger partial charge in [-0.1, -0.05) is 12.1 Å². The predicted molar refractivity (Wildman–Crippen MR) is 80.8 cm³/mol. The molecule has 1 aliphatic heterocycles. The Morgan fingerprint density at radius 1 is 1.24 bits per heavy atom. The zero-order chi connectivity index (χ0) is 15.2. The predicted octanol–water partition coefficient (Wildman–Crippen LogP) is 1.93. The van der Waals surface area contributed by atoms with Crippen LogP contribution in [0.2, 0.25) is 0 Å². The molecule has 0 saturated carbocycles. The minimum Gasteiger partial charge on any atom is -0.497 e. The zero-order valence-corrected chi connectivity index (χ0v) is 13.0. The van der Waals surface area contributed by atoms with Gasteiger partial charge in [0, 0.05) is 19.5 Å². The van der Waals surface area contributed by atoms with Crippen molar-refractivity contribution in [3.8, 4) is 5.75 Å². The molecule has 0 unspecified atom stereocenters. The number of rotatable bonds is 5. The quantitative estimate of drug-likeness (QED) is 0.778. The summed E-state index contributed by atoms with van der Waals surface area (Å²) in [5, 5.41) is 1.34. The number of carbonyl (C=O) groups excluding carboxylic acids is 1. The molecule has 5 nitrogen and oxygen atoms in total. The van der Waals surface area contributed by atoms with Gasteiger partial charge in [0.1, 0.15) is 5.75 Å². The molecule has 2 rings (SSSR count). The van der Waals surface area contributed by atoms with Crippen LogP contribution in [0.3, 0.4) is 0 Å². The molecule has 5 heteroatoms. The van der Waals surface area contributed by atoms with Gasteiger partial charge in [-0.15, -0.1) is 0 Å². The maximum Gasteiger partial charge on any atom is 0.249 e. The molecule has 0 radical (unpaired) electrons. The van der Waals surface area contributed by atoms with E-state index < -0.39 is 0 Å². The van der Waals surface area contributed by atoms with E-state index >= 15 is 0 Å². The van der Waals surface area contributed by atoms with E-state index in [9.17, 15) is 4.79 Å². The van der Waals surface area contributed by atoms with Gasteiger partial charge in [0.25, 0.3) is 0 Å². The van der Waals surface area contributed by atoms with Crippen LogP contribution in [0.5, 0.6) is 5.75 Å². The molecular formula is C16H24N2O3. The molecule has 1 aliphatic rings. The molecule has 0 spiro atoms. The molecule has 1 fully saturated rings. The van der Waals surface area contributed by atoms with E-state index in [1.54, 1.807) is 14.2 Å². The van der Waals surface area contributed by atoms with Crippen LogP contribution in [0.15, 0.2) is 24.3 Å². The first-order valence-electron chi connectivity index (χ1n) is 7.31. The van der Waals surface area contributed by atoms with Gasteiger partial charge in [-0.3, -0.25) is 14.5 Å². The maximum absolute atomic E-state index is 12.0. The van der Waals surface area contributed by atoms with Gasteiger partial charge < -0.3 is 4.74 Å². The van der Waals surface area contributed by atoms with Crippen LogP contribution in [0.25, 0.3) is 0 Å². The van der Waals surface area contributed by atoms with E-state index in [1.807, 2.05) is 12.1 Å². The number of piperidine rings is 1. The molecule has 1 aromatic carbocycles. The second-order valence-electron chi connectivity index (χ2n) is 5.42. The highest BCUT2D eigenvalue weighted by Gasteiger charge is 2.27. The highest BCUT2D eigenvalue weighted by molar-refractivity contribution is 5.77. The Labute approximate surface area is 126 Å². The number of likely N-dealkylation sites (tertiary alicyclic amines) is 1. The van der Waals surface area contributed by atoms with Gasteiger partial charge in [-0.2, -0.15) is 0 Å². The fraction of sp³-hybridized carbons (Fsp3) is 0.562. The first-order chi connectivity index (χ1) is 10.1. The van der Waals surface area contributed by atoms with Crippen molar-refractivity contribution in [2.24, 2.45) is 5.92 Å². The maximum atomic E-state index is 12.0. The summed E-state index contributed by atoms with van der Waals surface area (Å²) in [5.41, 5.74) is 1.27. The molecule has 116 valence electrons. The third kappa shape index (κ3) is 4.19. The third-order valence-electron chi connectivity index (χ3n) is 4.09. The molecule has 1 heterocycles. The van der Waals surface area contributed by atoms with E-state index in [1.165, 1.54) is 17.7 Å². The van der Waals surface area contributed by atoms with E-state index in [0.29, 0.717) is 0 Å². The number of hydrogen-bond donors (Lipinski definition) is 0. The normalized spacial score (nSPS) is 16.7. The molecule has 0 aromatic heterocycles. The lowest BCUT2D eigenvalue weighted by Gasteiger charge is -2.32. The number of hydrogen-bond acceptors (Lipinski definition) is 4. The summed E-state index contributed by atoms with van der Waals surface area (Å²) < 4.78 is 5.17. The largest absolute Gasteiger partial charge is 0.497 e. The van der Waals surface area contributed by atoms with Crippen LogP contribution in [-0.4, -0.2) is 50.2 Å². The standard InChI is InChI=1S/C16H24N2O3/c1-17(21-3)16(19)14-8-10-18(11-9-14)12-13-4-6-15(20-2)7-5-13/h4-7,14H,8-12H2,1-3H3. The van der Waals surface area contributed by atoms with Gasteiger partial charge in [0.15, 0.2) is 0 Å². The first-order valence-corrected chi connectivity index (χ1v) is 7.31. The van der Waals surface area contributed by atoms with Crippen molar-refractivity contribution in [1.82, 2.24) is 9.96 Å². The fourth-order valence-corrected chi connectivity index (χ4v) is 2.67. The lowest BCUT2D eigenvalue weighted by Crippen LogP contribution is -2.40. The van der Waals surface area contributed by atoms with E-state index in [4.69, 9.17) is 9.57 Å². The van der Waals surface area contributed by atoms with Crippen LogP contribution >= 0.6 is 0 Å². The molecule has 0 aliphatic carbocycles. The first kappa shape index (κ1) is 15.8. The summed E-state index contributed by atoms with van der Waals surface area (Å²) in [4.78, 5) is 19.4. The van der Waals surface area contributed by atoms with Crippen molar-refractivity contribution in [1.29, 1.82) is 0 Å². The summed E-state index contributed by atoms with van der Waals surface area (Å²) in [5.74, 6) is 1.05. The number of benzene rings is 1. The van der Waals surface area contributed by atoms with Gasteiger partial charge >= 0.3 is 0 Å².